The molecule has 0 bridgehead atoms. The van der Waals surface area contributed by atoms with Crippen LogP contribution >= 0.6 is 0 Å². The van der Waals surface area contributed by atoms with Gasteiger partial charge in [0.15, 0.2) is 6.61 Å². The highest BCUT2D eigenvalue weighted by molar-refractivity contribution is 6.02. The molecule has 0 aliphatic carbocycles. The van der Waals surface area contributed by atoms with Gasteiger partial charge in [0.05, 0.1) is 16.8 Å². The van der Waals surface area contributed by atoms with Gasteiger partial charge in [0.1, 0.15) is 0 Å². The number of aromatic nitrogens is 2. The molecule has 24 heavy (non-hydrogen) atoms. The lowest BCUT2D eigenvalue weighted by atomic mass is 10.1. The molecule has 0 radical (unpaired) electrons. The van der Waals surface area contributed by atoms with Crippen molar-refractivity contribution in [2.75, 3.05) is 11.9 Å². The number of anilines is 1. The van der Waals surface area contributed by atoms with Crippen LogP contribution in [0, 0.1) is 6.92 Å². The lowest BCUT2D eigenvalue weighted by Gasteiger charge is -2.10. The van der Waals surface area contributed by atoms with Crippen LogP contribution in [0.3, 0.4) is 0 Å². The molecular weight excluding hydrogens is 306 g/mol. The van der Waals surface area contributed by atoms with Crippen molar-refractivity contribution in [1.82, 2.24) is 9.97 Å². The summed E-state index contributed by atoms with van der Waals surface area (Å²) in [4.78, 5) is 32.1. The van der Waals surface area contributed by atoms with Crippen molar-refractivity contribution in [1.29, 1.82) is 0 Å². The van der Waals surface area contributed by atoms with Crippen molar-refractivity contribution in [2.45, 2.75) is 6.92 Å². The second kappa shape index (κ2) is 6.87. The van der Waals surface area contributed by atoms with E-state index in [9.17, 15) is 9.59 Å². The summed E-state index contributed by atoms with van der Waals surface area (Å²) in [5.74, 6) is -0.975. The molecule has 1 aromatic carbocycles. The second-order valence-corrected chi connectivity index (χ2v) is 5.19. The summed E-state index contributed by atoms with van der Waals surface area (Å²) in [6, 6.07) is 12.3. The lowest BCUT2D eigenvalue weighted by molar-refractivity contribution is -0.119. The molecule has 0 unspecified atom stereocenters. The van der Waals surface area contributed by atoms with Gasteiger partial charge in [-0.25, -0.2) is 4.79 Å². The van der Waals surface area contributed by atoms with Crippen LogP contribution < -0.4 is 5.32 Å². The number of ether oxygens (including phenoxy) is 1. The summed E-state index contributed by atoms with van der Waals surface area (Å²) in [5.41, 5.74) is 2.57. The van der Waals surface area contributed by atoms with Crippen LogP contribution in [0.2, 0.25) is 0 Å². The Kier molecular flexibility index (Phi) is 4.47. The number of benzene rings is 1. The van der Waals surface area contributed by atoms with Crippen molar-refractivity contribution in [3.8, 4) is 0 Å². The Hall–Kier alpha value is -3.28. The van der Waals surface area contributed by atoms with E-state index in [2.05, 4.69) is 15.3 Å². The third-order valence-corrected chi connectivity index (χ3v) is 3.37. The predicted octanol–water partition coefficient (Wildman–Crippen LogP) is 2.73. The van der Waals surface area contributed by atoms with Crippen molar-refractivity contribution < 1.29 is 14.3 Å². The first-order valence-electron chi connectivity index (χ1n) is 7.37. The highest BCUT2D eigenvalue weighted by Gasteiger charge is 2.11. The van der Waals surface area contributed by atoms with Gasteiger partial charge in [-0.3, -0.25) is 14.8 Å². The molecule has 6 nitrogen and oxygen atoms in total. The fourth-order valence-corrected chi connectivity index (χ4v) is 2.30. The molecule has 0 aliphatic rings. The van der Waals surface area contributed by atoms with Gasteiger partial charge in [-0.2, -0.15) is 0 Å². The third-order valence-electron chi connectivity index (χ3n) is 3.37. The number of pyridine rings is 2. The number of rotatable bonds is 4. The van der Waals surface area contributed by atoms with Crippen molar-refractivity contribution in [3.05, 3.63) is 66.1 Å². The number of fused-ring (bicyclic) bond motifs is 1. The van der Waals surface area contributed by atoms with E-state index < -0.39 is 11.9 Å². The molecule has 3 aromatic rings. The van der Waals surface area contributed by atoms with Crippen molar-refractivity contribution in [2.24, 2.45) is 0 Å². The molecule has 0 fully saturated rings. The quantitative estimate of drug-likeness (QED) is 0.747. The van der Waals surface area contributed by atoms with Crippen LogP contribution in [0.5, 0.6) is 0 Å². The number of hydrogen-bond acceptors (Lipinski definition) is 5. The molecule has 0 atom stereocenters. The summed E-state index contributed by atoms with van der Waals surface area (Å²) in [5, 5.41) is 3.59. The largest absolute Gasteiger partial charge is 0.452 e. The van der Waals surface area contributed by atoms with Gasteiger partial charge in [-0.15, -0.1) is 0 Å². The van der Waals surface area contributed by atoms with E-state index in [-0.39, 0.29) is 6.61 Å². The summed E-state index contributed by atoms with van der Waals surface area (Å²) in [6.45, 7) is 1.49. The summed E-state index contributed by atoms with van der Waals surface area (Å²) in [6.07, 6.45) is 2.98. The first-order valence-corrected chi connectivity index (χ1v) is 7.37. The zero-order chi connectivity index (χ0) is 16.9. The third kappa shape index (κ3) is 3.55. The maximum absolute atomic E-state index is 12.1. The summed E-state index contributed by atoms with van der Waals surface area (Å²) < 4.78 is 5.01. The van der Waals surface area contributed by atoms with Crippen LogP contribution in [0.15, 0.2) is 54.9 Å². The van der Waals surface area contributed by atoms with E-state index >= 15 is 0 Å². The van der Waals surface area contributed by atoms with E-state index in [1.807, 2.05) is 31.2 Å². The van der Waals surface area contributed by atoms with Crippen LogP contribution in [-0.4, -0.2) is 28.5 Å². The minimum absolute atomic E-state index is 0.350. The second-order valence-electron chi connectivity index (χ2n) is 5.19. The zero-order valence-corrected chi connectivity index (χ0v) is 13.0. The van der Waals surface area contributed by atoms with Gasteiger partial charge in [0.25, 0.3) is 5.91 Å². The number of nitrogens with zero attached hydrogens (tertiary/aromatic N) is 2. The Labute approximate surface area is 138 Å². The molecule has 0 saturated carbocycles. The molecule has 6 heteroatoms. The van der Waals surface area contributed by atoms with E-state index in [0.717, 1.165) is 16.6 Å². The lowest BCUT2D eigenvalue weighted by Crippen LogP contribution is -2.21. The number of para-hydroxylation sites is 1. The first-order chi connectivity index (χ1) is 11.6. The van der Waals surface area contributed by atoms with E-state index in [4.69, 9.17) is 4.74 Å². The number of amides is 1. The summed E-state index contributed by atoms with van der Waals surface area (Å²) in [7, 11) is 0. The molecule has 2 heterocycles. The standard InChI is InChI=1S/C18H15N3O3/c1-12-10-16(14-4-2-3-5-15(14)20-12)21-17(22)11-24-18(23)13-6-8-19-9-7-13/h2-10H,11H2,1H3,(H,20,21,22). The number of aryl methyl sites for hydroxylation is 1. The monoisotopic (exact) mass is 321 g/mol. The van der Waals surface area contributed by atoms with Crippen LogP contribution in [-0.2, 0) is 9.53 Å². The van der Waals surface area contributed by atoms with E-state index in [0.29, 0.717) is 11.3 Å². The van der Waals surface area contributed by atoms with Gasteiger partial charge in [-0.1, -0.05) is 18.2 Å². The van der Waals surface area contributed by atoms with Gasteiger partial charge < -0.3 is 10.1 Å². The van der Waals surface area contributed by atoms with Crippen molar-refractivity contribution in [3.63, 3.8) is 0 Å². The average molecular weight is 321 g/mol. The van der Waals surface area contributed by atoms with Gasteiger partial charge in [0.2, 0.25) is 0 Å². The van der Waals surface area contributed by atoms with Gasteiger partial charge in [-0.05, 0) is 31.2 Å². The SMILES string of the molecule is Cc1cc(NC(=O)COC(=O)c2ccncc2)c2ccccc2n1. The van der Waals surface area contributed by atoms with Crippen LogP contribution in [0.25, 0.3) is 10.9 Å². The molecule has 0 aliphatic heterocycles. The highest BCUT2D eigenvalue weighted by Crippen LogP contribution is 2.22. The normalized spacial score (nSPS) is 10.4. The zero-order valence-electron chi connectivity index (χ0n) is 13.0. The number of carbonyl (C=O) groups is 2. The molecule has 0 spiro atoms. The van der Waals surface area contributed by atoms with E-state index in [1.54, 1.807) is 6.07 Å². The fraction of sp³-hybridized carbons (Fsp3) is 0.111. The molecule has 0 saturated heterocycles. The highest BCUT2D eigenvalue weighted by atomic mass is 16.5. The van der Waals surface area contributed by atoms with E-state index in [1.165, 1.54) is 24.5 Å². The molecular formula is C18H15N3O3. The Morgan fingerprint density at radius 3 is 2.67 bits per heavy atom. The number of esters is 1. The minimum atomic E-state index is -0.566. The number of carbonyl (C=O) groups excluding carboxylic acids is 2. The summed E-state index contributed by atoms with van der Waals surface area (Å²) >= 11 is 0. The maximum Gasteiger partial charge on any atom is 0.338 e. The Balaban J connectivity index is 1.68. The number of nitrogens with one attached hydrogen (secondary N) is 1. The van der Waals surface area contributed by atoms with Gasteiger partial charge >= 0.3 is 5.97 Å². The Morgan fingerprint density at radius 2 is 1.88 bits per heavy atom. The molecule has 120 valence electrons. The Bertz CT molecular complexity index is 894. The molecule has 1 amide bonds. The minimum Gasteiger partial charge on any atom is -0.452 e. The maximum atomic E-state index is 12.1. The van der Waals surface area contributed by atoms with Crippen molar-refractivity contribution >= 4 is 28.5 Å². The Morgan fingerprint density at radius 1 is 1.12 bits per heavy atom. The van der Waals surface area contributed by atoms with Crippen LogP contribution in [0.1, 0.15) is 16.1 Å². The molecule has 3 rings (SSSR count). The van der Waals surface area contributed by atoms with Gasteiger partial charge in [0, 0.05) is 23.5 Å². The molecule has 1 N–H and O–H groups in total. The predicted molar refractivity (Wildman–Crippen MR) is 89.6 cm³/mol. The molecule has 2 aromatic heterocycles. The van der Waals surface area contributed by atoms with Crippen LogP contribution in [0.4, 0.5) is 5.69 Å². The number of hydrogen-bond donors (Lipinski definition) is 1. The first kappa shape index (κ1) is 15.6. The topological polar surface area (TPSA) is 81.2 Å². The smallest absolute Gasteiger partial charge is 0.338 e. The fourth-order valence-electron chi connectivity index (χ4n) is 2.30. The average Bonchev–Trinajstić information content (AvgIpc) is 2.60.